The van der Waals surface area contributed by atoms with Crippen LogP contribution in [0.15, 0.2) is 18.3 Å². The molecular weight excluding hydrogens is 212 g/mol. The summed E-state index contributed by atoms with van der Waals surface area (Å²) in [5, 5.41) is 17.8. The summed E-state index contributed by atoms with van der Waals surface area (Å²) in [5.74, 6) is -2.79. The van der Waals surface area contributed by atoms with Crippen molar-refractivity contribution in [2.45, 2.75) is 6.92 Å². The minimum absolute atomic E-state index is 0.240. The van der Waals surface area contributed by atoms with Gasteiger partial charge in [-0.25, -0.2) is 14.6 Å². The van der Waals surface area contributed by atoms with Crippen molar-refractivity contribution >= 4 is 17.5 Å². The molecule has 0 atom stereocenters. The van der Waals surface area contributed by atoms with E-state index in [1.165, 1.54) is 10.6 Å². The molecule has 82 valence electrons. The van der Waals surface area contributed by atoms with Crippen LogP contribution in [0.25, 0.3) is 5.52 Å². The van der Waals surface area contributed by atoms with Gasteiger partial charge in [0.2, 0.25) is 5.82 Å². The number of aryl methyl sites for hydroxylation is 1. The van der Waals surface area contributed by atoms with Gasteiger partial charge in [-0.15, -0.1) is 0 Å². The first-order valence-corrected chi connectivity index (χ1v) is 4.46. The van der Waals surface area contributed by atoms with E-state index in [1.54, 1.807) is 19.1 Å². The average molecular weight is 220 g/mol. The van der Waals surface area contributed by atoms with E-state index in [4.69, 9.17) is 10.2 Å². The summed E-state index contributed by atoms with van der Waals surface area (Å²) < 4.78 is 1.26. The number of rotatable bonds is 2. The normalized spacial score (nSPS) is 10.6. The first-order chi connectivity index (χ1) is 7.52. The van der Waals surface area contributed by atoms with Crippen molar-refractivity contribution in [3.63, 3.8) is 0 Å². The summed E-state index contributed by atoms with van der Waals surface area (Å²) in [6, 6.07) is 3.34. The summed E-state index contributed by atoms with van der Waals surface area (Å²) in [6.07, 6.45) is 1.48. The Bertz CT molecular complexity index is 600. The molecule has 0 fully saturated rings. The monoisotopic (exact) mass is 220 g/mol. The molecule has 6 nitrogen and oxygen atoms in total. The van der Waals surface area contributed by atoms with Crippen LogP contribution in [-0.2, 0) is 0 Å². The van der Waals surface area contributed by atoms with Crippen molar-refractivity contribution in [3.8, 4) is 0 Å². The maximum absolute atomic E-state index is 10.9. The highest BCUT2D eigenvalue weighted by Gasteiger charge is 2.21. The van der Waals surface area contributed by atoms with E-state index in [9.17, 15) is 9.59 Å². The lowest BCUT2D eigenvalue weighted by molar-refractivity contribution is 0.0682. The van der Waals surface area contributed by atoms with E-state index in [-0.39, 0.29) is 11.5 Å². The zero-order valence-electron chi connectivity index (χ0n) is 8.34. The molecule has 2 heterocycles. The van der Waals surface area contributed by atoms with Crippen molar-refractivity contribution in [1.82, 2.24) is 9.38 Å². The van der Waals surface area contributed by atoms with Gasteiger partial charge in [-0.2, -0.15) is 0 Å². The maximum Gasteiger partial charge on any atom is 0.372 e. The van der Waals surface area contributed by atoms with Crippen LogP contribution >= 0.6 is 0 Å². The highest BCUT2D eigenvalue weighted by atomic mass is 16.4. The Morgan fingerprint density at radius 2 is 2.00 bits per heavy atom. The van der Waals surface area contributed by atoms with Crippen molar-refractivity contribution in [2.75, 3.05) is 0 Å². The minimum atomic E-state index is -1.26. The lowest BCUT2D eigenvalue weighted by Gasteiger charge is -1.99. The zero-order chi connectivity index (χ0) is 11.9. The molecule has 0 saturated heterocycles. The average Bonchev–Trinajstić information content (AvgIpc) is 2.58. The molecule has 2 aromatic rings. The Labute approximate surface area is 89.8 Å². The number of hydrogen-bond acceptors (Lipinski definition) is 3. The van der Waals surface area contributed by atoms with Crippen molar-refractivity contribution in [2.24, 2.45) is 0 Å². The largest absolute Gasteiger partial charge is 0.476 e. The third-order valence-corrected chi connectivity index (χ3v) is 2.26. The number of carboxylic acids is 2. The summed E-state index contributed by atoms with van der Waals surface area (Å²) in [5.41, 5.74) is 0.739. The Hall–Kier alpha value is -2.37. The fourth-order valence-electron chi connectivity index (χ4n) is 1.61. The first-order valence-electron chi connectivity index (χ1n) is 4.46. The van der Waals surface area contributed by atoms with E-state index in [0.29, 0.717) is 11.1 Å². The van der Waals surface area contributed by atoms with Gasteiger partial charge in [0.1, 0.15) is 0 Å². The second-order valence-electron chi connectivity index (χ2n) is 3.30. The van der Waals surface area contributed by atoms with Crippen LogP contribution in [0.5, 0.6) is 0 Å². The predicted molar refractivity (Wildman–Crippen MR) is 53.8 cm³/mol. The van der Waals surface area contributed by atoms with Crippen LogP contribution in [0, 0.1) is 6.92 Å². The van der Waals surface area contributed by atoms with E-state index in [2.05, 4.69) is 4.98 Å². The molecule has 16 heavy (non-hydrogen) atoms. The van der Waals surface area contributed by atoms with Gasteiger partial charge in [0, 0.05) is 6.20 Å². The third kappa shape index (κ3) is 1.31. The second kappa shape index (κ2) is 3.34. The Morgan fingerprint density at radius 3 is 2.56 bits per heavy atom. The number of aromatic carboxylic acids is 2. The standard InChI is InChI=1S/C10H8N2O4/c1-5-3-2-4-12-7(5)6(9(13)14)11-8(12)10(15)16/h2-4H,1H3,(H,13,14)(H,15,16). The zero-order valence-corrected chi connectivity index (χ0v) is 8.34. The van der Waals surface area contributed by atoms with Crippen molar-refractivity contribution in [1.29, 1.82) is 0 Å². The summed E-state index contributed by atoms with van der Waals surface area (Å²) >= 11 is 0. The summed E-state index contributed by atoms with van der Waals surface area (Å²) in [7, 11) is 0. The topological polar surface area (TPSA) is 91.9 Å². The molecule has 0 saturated carbocycles. The molecule has 6 heteroatoms. The molecule has 2 rings (SSSR count). The first kappa shape index (κ1) is 10.2. The van der Waals surface area contributed by atoms with Gasteiger partial charge < -0.3 is 10.2 Å². The van der Waals surface area contributed by atoms with Gasteiger partial charge in [-0.1, -0.05) is 6.07 Å². The van der Waals surface area contributed by atoms with Crippen molar-refractivity contribution < 1.29 is 19.8 Å². The van der Waals surface area contributed by atoms with Gasteiger partial charge in [0.25, 0.3) is 0 Å². The fraction of sp³-hybridized carbons (Fsp3) is 0.100. The maximum atomic E-state index is 10.9. The molecule has 0 amide bonds. The van der Waals surface area contributed by atoms with E-state index < -0.39 is 11.9 Å². The molecule has 0 bridgehead atoms. The number of fused-ring (bicyclic) bond motifs is 1. The van der Waals surface area contributed by atoms with Gasteiger partial charge in [0.05, 0.1) is 5.52 Å². The molecule has 0 aliphatic rings. The lowest BCUT2D eigenvalue weighted by atomic mass is 10.2. The molecule has 0 aromatic carbocycles. The van der Waals surface area contributed by atoms with Crippen molar-refractivity contribution in [3.05, 3.63) is 35.4 Å². The molecule has 0 aliphatic carbocycles. The number of hydrogen-bond donors (Lipinski definition) is 2. The number of carboxylic acid groups (broad SMARTS) is 2. The van der Waals surface area contributed by atoms with Crippen LogP contribution in [0.2, 0.25) is 0 Å². The van der Waals surface area contributed by atoms with Crippen LogP contribution in [0.1, 0.15) is 26.7 Å². The molecule has 2 N–H and O–H groups in total. The Morgan fingerprint density at radius 1 is 1.31 bits per heavy atom. The fourth-order valence-corrected chi connectivity index (χ4v) is 1.61. The SMILES string of the molecule is Cc1cccn2c(C(=O)O)nc(C(=O)O)c12. The lowest BCUT2D eigenvalue weighted by Crippen LogP contribution is -2.03. The molecule has 0 spiro atoms. The number of imidazole rings is 1. The Kier molecular flexibility index (Phi) is 2.12. The number of aromatic nitrogens is 2. The predicted octanol–water partition coefficient (Wildman–Crippen LogP) is 1.04. The van der Waals surface area contributed by atoms with Gasteiger partial charge in [-0.3, -0.25) is 4.40 Å². The smallest absolute Gasteiger partial charge is 0.372 e. The van der Waals surface area contributed by atoms with E-state index in [0.717, 1.165) is 0 Å². The highest BCUT2D eigenvalue weighted by Crippen LogP contribution is 2.17. The summed E-state index contributed by atoms with van der Waals surface area (Å²) in [6.45, 7) is 1.70. The molecule has 0 radical (unpaired) electrons. The molecule has 2 aromatic heterocycles. The highest BCUT2D eigenvalue weighted by molar-refractivity contribution is 5.97. The number of carbonyl (C=O) groups is 2. The van der Waals surface area contributed by atoms with Crippen LogP contribution < -0.4 is 0 Å². The molecule has 0 unspecified atom stereocenters. The van der Waals surface area contributed by atoms with Gasteiger partial charge in [-0.05, 0) is 18.6 Å². The van der Waals surface area contributed by atoms with Gasteiger partial charge in [0.15, 0.2) is 5.69 Å². The van der Waals surface area contributed by atoms with E-state index in [1.807, 2.05) is 0 Å². The van der Waals surface area contributed by atoms with Crippen LogP contribution in [0.3, 0.4) is 0 Å². The van der Waals surface area contributed by atoms with Gasteiger partial charge >= 0.3 is 11.9 Å². The van der Waals surface area contributed by atoms with Crippen LogP contribution in [0.4, 0.5) is 0 Å². The Balaban J connectivity index is 2.93. The van der Waals surface area contributed by atoms with Crippen LogP contribution in [-0.4, -0.2) is 31.5 Å². The quantitative estimate of drug-likeness (QED) is 0.788. The number of pyridine rings is 1. The molecule has 0 aliphatic heterocycles. The van der Waals surface area contributed by atoms with E-state index >= 15 is 0 Å². The summed E-state index contributed by atoms with van der Waals surface area (Å²) in [4.78, 5) is 25.4. The third-order valence-electron chi connectivity index (χ3n) is 2.26. The molecular formula is C10H8N2O4. The minimum Gasteiger partial charge on any atom is -0.476 e. The number of nitrogens with zero attached hydrogens (tertiary/aromatic N) is 2. The second-order valence-corrected chi connectivity index (χ2v) is 3.30.